The zero-order valence-corrected chi connectivity index (χ0v) is 14.4. The van der Waals surface area contributed by atoms with Crippen LogP contribution in [-0.4, -0.2) is 24.3 Å². The minimum atomic E-state index is -1.65. The molecule has 0 aliphatic rings. The van der Waals surface area contributed by atoms with Crippen molar-refractivity contribution in [3.63, 3.8) is 0 Å². The van der Waals surface area contributed by atoms with E-state index < -0.39 is 8.32 Å². The topological polar surface area (TPSA) is 39.4 Å². The van der Waals surface area contributed by atoms with E-state index in [2.05, 4.69) is 42.7 Å². The Kier molecular flexibility index (Phi) is 4.62. The van der Waals surface area contributed by atoms with Gasteiger partial charge in [0.25, 0.3) is 0 Å². The molecule has 0 amide bonds. The molecule has 0 atom stereocenters. The molecule has 2 rings (SSSR count). The molecule has 0 N–H and O–H groups in total. The maximum Gasteiger partial charge on any atom is 0.242 e. The van der Waals surface area contributed by atoms with E-state index in [1.54, 1.807) is 0 Å². The Labute approximate surface area is 127 Å². The van der Waals surface area contributed by atoms with E-state index >= 15 is 0 Å². The van der Waals surface area contributed by atoms with E-state index in [-0.39, 0.29) is 0 Å². The van der Waals surface area contributed by atoms with Crippen molar-refractivity contribution >= 4 is 20.2 Å². The minimum absolute atomic E-state index is 0.661. The second-order valence-electron chi connectivity index (χ2n) is 6.13. The molecule has 0 aliphatic heterocycles. The van der Waals surface area contributed by atoms with Crippen molar-refractivity contribution in [3.05, 3.63) is 41.7 Å². The monoisotopic (exact) mass is 301 g/mol. The number of nitrogens with zero attached hydrogens (tertiary/aromatic N) is 3. The summed E-state index contributed by atoms with van der Waals surface area (Å²) in [5.41, 5.74) is 3.03. The maximum atomic E-state index is 6.17. The van der Waals surface area contributed by atoms with Crippen molar-refractivity contribution in [2.45, 2.75) is 40.0 Å². The fourth-order valence-corrected chi connectivity index (χ4v) is 2.84. The fourth-order valence-electron chi connectivity index (χ4n) is 1.97. The first kappa shape index (κ1) is 15.5. The first-order valence-corrected chi connectivity index (χ1v) is 10.6. The summed E-state index contributed by atoms with van der Waals surface area (Å²) in [6, 6.07) is 8.05. The van der Waals surface area contributed by atoms with E-state index in [1.807, 2.05) is 42.2 Å². The number of aromatic nitrogens is 2. The predicted octanol–water partition coefficient (Wildman–Crippen LogP) is 4.12. The highest BCUT2D eigenvalue weighted by molar-refractivity contribution is 6.70. The van der Waals surface area contributed by atoms with Crippen molar-refractivity contribution in [3.8, 4) is 5.75 Å². The number of rotatable bonds is 5. The van der Waals surface area contributed by atoms with Crippen molar-refractivity contribution in [1.29, 1.82) is 0 Å². The van der Waals surface area contributed by atoms with Gasteiger partial charge in [-0.05, 0) is 51.2 Å². The largest absolute Gasteiger partial charge is 0.543 e. The average molecular weight is 301 g/mol. The lowest BCUT2D eigenvalue weighted by Crippen LogP contribution is -2.29. The summed E-state index contributed by atoms with van der Waals surface area (Å²) in [4.78, 5) is 4.57. The summed E-state index contributed by atoms with van der Waals surface area (Å²) in [5, 5.41) is 4.34. The van der Waals surface area contributed by atoms with Crippen LogP contribution in [0.1, 0.15) is 11.3 Å². The van der Waals surface area contributed by atoms with Crippen molar-refractivity contribution < 1.29 is 4.43 Å². The Balaban J connectivity index is 2.17. The number of aliphatic imine (C=N–C) groups is 1. The second kappa shape index (κ2) is 6.26. The van der Waals surface area contributed by atoms with Crippen LogP contribution in [0.25, 0.3) is 0 Å². The number of hydrogen-bond acceptors (Lipinski definition) is 3. The number of aryl methyl sites for hydroxylation is 2. The number of hydrogen-bond donors (Lipinski definition) is 0. The van der Waals surface area contributed by atoms with E-state index in [0.717, 1.165) is 22.7 Å². The van der Waals surface area contributed by atoms with Gasteiger partial charge < -0.3 is 4.43 Å². The lowest BCUT2D eigenvalue weighted by molar-refractivity contribution is 0.554. The van der Waals surface area contributed by atoms with Gasteiger partial charge in [0.15, 0.2) is 0 Å². The summed E-state index contributed by atoms with van der Waals surface area (Å²) in [7, 11) is -1.65. The SMILES string of the molecule is Cc1ccn(CC=Nc2cccc(C)c2O[Si](C)(C)C)n1. The van der Waals surface area contributed by atoms with Crippen LogP contribution in [0.15, 0.2) is 35.5 Å². The van der Waals surface area contributed by atoms with Gasteiger partial charge in [-0.1, -0.05) is 12.1 Å². The fraction of sp³-hybridized carbons (Fsp3) is 0.375. The summed E-state index contributed by atoms with van der Waals surface area (Å²) >= 11 is 0. The lowest BCUT2D eigenvalue weighted by Gasteiger charge is -2.22. The molecule has 1 aromatic carbocycles. The Morgan fingerprint density at radius 3 is 2.62 bits per heavy atom. The van der Waals surface area contributed by atoms with Gasteiger partial charge in [0.1, 0.15) is 11.4 Å². The molecular weight excluding hydrogens is 278 g/mol. The number of para-hydroxylation sites is 1. The Hall–Kier alpha value is -1.88. The molecule has 1 heterocycles. The molecule has 112 valence electrons. The molecule has 2 aromatic rings. The highest BCUT2D eigenvalue weighted by atomic mass is 28.4. The molecule has 21 heavy (non-hydrogen) atoms. The van der Waals surface area contributed by atoms with Crippen LogP contribution in [0, 0.1) is 13.8 Å². The summed E-state index contributed by atoms with van der Waals surface area (Å²) in [5.74, 6) is 0.907. The Morgan fingerprint density at radius 2 is 2.00 bits per heavy atom. The van der Waals surface area contributed by atoms with Gasteiger partial charge >= 0.3 is 0 Å². The summed E-state index contributed by atoms with van der Waals surface area (Å²) in [6.07, 6.45) is 3.83. The smallest absolute Gasteiger partial charge is 0.242 e. The normalized spacial score (nSPS) is 12.0. The van der Waals surface area contributed by atoms with Crippen molar-refractivity contribution in [2.24, 2.45) is 4.99 Å². The predicted molar refractivity (Wildman–Crippen MR) is 90.3 cm³/mol. The van der Waals surface area contributed by atoms with Gasteiger partial charge in [-0.3, -0.25) is 9.67 Å². The van der Waals surface area contributed by atoms with Crippen LogP contribution in [0.3, 0.4) is 0 Å². The van der Waals surface area contributed by atoms with Crippen LogP contribution in [0.2, 0.25) is 19.6 Å². The van der Waals surface area contributed by atoms with E-state index in [1.165, 1.54) is 0 Å². The van der Waals surface area contributed by atoms with Crippen LogP contribution in [0.5, 0.6) is 5.75 Å². The Morgan fingerprint density at radius 1 is 1.24 bits per heavy atom. The van der Waals surface area contributed by atoms with Gasteiger partial charge in [-0.2, -0.15) is 5.10 Å². The van der Waals surface area contributed by atoms with Gasteiger partial charge in [0, 0.05) is 12.4 Å². The third-order valence-corrected chi connectivity index (χ3v) is 3.69. The first-order chi connectivity index (χ1) is 9.85. The van der Waals surface area contributed by atoms with Crippen molar-refractivity contribution in [2.75, 3.05) is 0 Å². The van der Waals surface area contributed by atoms with Crippen LogP contribution >= 0.6 is 0 Å². The van der Waals surface area contributed by atoms with Gasteiger partial charge in [0.05, 0.1) is 12.2 Å². The second-order valence-corrected chi connectivity index (χ2v) is 10.6. The highest BCUT2D eigenvalue weighted by Crippen LogP contribution is 2.32. The highest BCUT2D eigenvalue weighted by Gasteiger charge is 2.19. The van der Waals surface area contributed by atoms with Crippen LogP contribution in [-0.2, 0) is 6.54 Å². The average Bonchev–Trinajstić information content (AvgIpc) is 2.78. The molecule has 0 radical (unpaired) electrons. The van der Waals surface area contributed by atoms with Crippen LogP contribution in [0.4, 0.5) is 5.69 Å². The maximum absolute atomic E-state index is 6.17. The molecular formula is C16H23N3OSi. The zero-order valence-electron chi connectivity index (χ0n) is 13.4. The van der Waals surface area contributed by atoms with E-state index in [9.17, 15) is 0 Å². The molecule has 0 aliphatic carbocycles. The third kappa shape index (κ3) is 4.56. The quantitative estimate of drug-likeness (QED) is 0.615. The van der Waals surface area contributed by atoms with Crippen molar-refractivity contribution in [1.82, 2.24) is 9.78 Å². The molecule has 0 spiro atoms. The lowest BCUT2D eigenvalue weighted by atomic mass is 10.2. The molecule has 0 fully saturated rings. The number of benzene rings is 1. The van der Waals surface area contributed by atoms with Crippen LogP contribution < -0.4 is 4.43 Å². The molecule has 0 bridgehead atoms. The molecule has 1 aromatic heterocycles. The Bertz CT molecular complexity index is 641. The van der Waals surface area contributed by atoms with Gasteiger partial charge in [0.2, 0.25) is 8.32 Å². The minimum Gasteiger partial charge on any atom is -0.543 e. The first-order valence-electron chi connectivity index (χ1n) is 7.16. The standard InChI is InChI=1S/C16H23N3OSi/c1-13-7-6-8-15(16(13)20-21(3,4)5)17-10-12-19-11-9-14(2)18-19/h6-11H,12H2,1-5H3. The molecule has 0 saturated heterocycles. The van der Waals surface area contributed by atoms with Gasteiger partial charge in [-0.15, -0.1) is 0 Å². The molecule has 4 nitrogen and oxygen atoms in total. The van der Waals surface area contributed by atoms with E-state index in [4.69, 9.17) is 4.43 Å². The zero-order chi connectivity index (χ0) is 15.5. The molecule has 5 heteroatoms. The third-order valence-electron chi connectivity index (χ3n) is 2.87. The van der Waals surface area contributed by atoms with E-state index in [0.29, 0.717) is 6.54 Å². The molecule has 0 saturated carbocycles. The summed E-state index contributed by atoms with van der Waals surface area (Å²) in [6.45, 7) is 11.2. The van der Waals surface area contributed by atoms with Gasteiger partial charge in [-0.25, -0.2) is 0 Å². The molecule has 0 unspecified atom stereocenters. The summed E-state index contributed by atoms with van der Waals surface area (Å²) < 4.78 is 8.04.